The van der Waals surface area contributed by atoms with Crippen molar-refractivity contribution in [2.75, 3.05) is 0 Å². The fourth-order valence-electron chi connectivity index (χ4n) is 6.34. The third-order valence-corrected chi connectivity index (χ3v) is 8.80. The fraction of sp³-hybridized carbons (Fsp3) is 0. The fourth-order valence-corrected chi connectivity index (χ4v) is 6.34. The highest BCUT2D eigenvalue weighted by Crippen LogP contribution is 2.38. The second kappa shape index (κ2) is 12.1. The Labute approximate surface area is 283 Å². The maximum atomic E-state index is 6.09. The molecule has 0 saturated carbocycles. The molecule has 0 N–H and O–H groups in total. The molecule has 0 radical (unpaired) electrons. The summed E-state index contributed by atoms with van der Waals surface area (Å²) in [5.74, 6) is 2.56. The average molecular weight is 629 g/mol. The van der Waals surface area contributed by atoms with Crippen LogP contribution in [-0.2, 0) is 0 Å². The number of nitrogens with zero attached hydrogens (tertiary/aromatic N) is 4. The summed E-state index contributed by atoms with van der Waals surface area (Å²) < 4.78 is 6.09. The Morgan fingerprint density at radius 1 is 0.327 bits per heavy atom. The summed E-state index contributed by atoms with van der Waals surface area (Å²) in [4.78, 5) is 19.5. The van der Waals surface area contributed by atoms with Crippen LogP contribution in [0.4, 0.5) is 0 Å². The quantitative estimate of drug-likeness (QED) is 0.183. The third kappa shape index (κ3) is 5.43. The van der Waals surface area contributed by atoms with Crippen LogP contribution in [0.25, 0.3) is 89.7 Å². The second-order valence-electron chi connectivity index (χ2n) is 11.9. The lowest BCUT2D eigenvalue weighted by molar-refractivity contribution is 0.620. The molecule has 2 aromatic heterocycles. The highest BCUT2D eigenvalue weighted by Gasteiger charge is 2.15. The van der Waals surface area contributed by atoms with Gasteiger partial charge in [-0.25, -0.2) is 19.9 Å². The van der Waals surface area contributed by atoms with Crippen molar-refractivity contribution in [1.82, 2.24) is 19.9 Å². The Kier molecular flexibility index (Phi) is 7.06. The van der Waals surface area contributed by atoms with Crippen molar-refractivity contribution in [3.05, 3.63) is 170 Å². The molecular formula is C44H28N4O. The number of fused-ring (bicyclic) bond motifs is 2. The van der Waals surface area contributed by atoms with Gasteiger partial charge in [-0.2, -0.15) is 0 Å². The summed E-state index contributed by atoms with van der Waals surface area (Å²) in [7, 11) is 0. The monoisotopic (exact) mass is 628 g/mol. The van der Waals surface area contributed by atoms with Gasteiger partial charge in [-0.15, -0.1) is 0 Å². The van der Waals surface area contributed by atoms with Crippen molar-refractivity contribution < 1.29 is 4.42 Å². The minimum absolute atomic E-state index is 0.626. The predicted octanol–water partition coefficient (Wildman–Crippen LogP) is 11.2. The van der Waals surface area contributed by atoms with Crippen LogP contribution in [0.1, 0.15) is 0 Å². The Hall–Kier alpha value is -6.72. The zero-order chi connectivity index (χ0) is 32.6. The van der Waals surface area contributed by atoms with Crippen LogP contribution < -0.4 is 0 Å². The van der Waals surface area contributed by atoms with Crippen molar-refractivity contribution in [3.8, 4) is 67.9 Å². The van der Waals surface area contributed by atoms with Gasteiger partial charge in [-0.1, -0.05) is 146 Å². The van der Waals surface area contributed by atoms with E-state index in [0.29, 0.717) is 23.4 Å². The van der Waals surface area contributed by atoms with Crippen molar-refractivity contribution >= 4 is 21.9 Å². The molecule has 49 heavy (non-hydrogen) atoms. The van der Waals surface area contributed by atoms with Gasteiger partial charge in [0.25, 0.3) is 0 Å². The molecule has 0 aliphatic carbocycles. The number of aromatic nitrogens is 4. The first kappa shape index (κ1) is 28.5. The molecule has 7 aromatic carbocycles. The first-order valence-electron chi connectivity index (χ1n) is 16.2. The molecular weight excluding hydrogens is 601 g/mol. The van der Waals surface area contributed by atoms with E-state index in [-0.39, 0.29) is 0 Å². The van der Waals surface area contributed by atoms with Crippen molar-refractivity contribution in [2.24, 2.45) is 0 Å². The van der Waals surface area contributed by atoms with Crippen LogP contribution in [0.2, 0.25) is 0 Å². The van der Waals surface area contributed by atoms with Gasteiger partial charge in [-0.05, 0) is 57.3 Å². The second-order valence-corrected chi connectivity index (χ2v) is 11.9. The SMILES string of the molecule is c1ccc(-c2nc(-c3ccccc3)nc(-c3ccc(-c4ccc(-c5ccc6oc(-c7ccccc7)nc6c5)c5ccccc45)cc3)n2)cc1. The number of benzene rings is 7. The standard InChI is InChI=1S/C44H28N4O/c1-4-12-30(13-5-1)41-46-42(31-14-6-2-7-15-31)48-43(47-41)32-22-20-29(21-23-32)35-25-26-36(38-19-11-10-18-37(35)38)34-24-27-40-39(28-34)45-44(49-40)33-16-8-3-9-17-33/h1-28H. The first-order valence-corrected chi connectivity index (χ1v) is 16.2. The lowest BCUT2D eigenvalue weighted by Gasteiger charge is -2.13. The molecule has 0 unspecified atom stereocenters. The molecule has 9 rings (SSSR count). The van der Waals surface area contributed by atoms with Crippen LogP contribution in [0.5, 0.6) is 0 Å². The summed E-state index contributed by atoms with van der Waals surface area (Å²) in [5, 5.41) is 2.35. The molecule has 230 valence electrons. The van der Waals surface area contributed by atoms with Gasteiger partial charge in [0, 0.05) is 22.3 Å². The Bertz CT molecular complexity index is 2520. The first-order chi connectivity index (χ1) is 24.3. The molecule has 0 atom stereocenters. The van der Waals surface area contributed by atoms with Crippen LogP contribution in [0.15, 0.2) is 174 Å². The normalized spacial score (nSPS) is 11.3. The Balaban J connectivity index is 1.09. The molecule has 0 aliphatic heterocycles. The Morgan fingerprint density at radius 3 is 1.31 bits per heavy atom. The van der Waals surface area contributed by atoms with Gasteiger partial charge in [0.05, 0.1) is 0 Å². The third-order valence-electron chi connectivity index (χ3n) is 8.80. The number of oxazole rings is 1. The topological polar surface area (TPSA) is 64.7 Å². The lowest BCUT2D eigenvalue weighted by Crippen LogP contribution is -2.00. The summed E-state index contributed by atoms with van der Waals surface area (Å²) in [6.45, 7) is 0. The van der Waals surface area contributed by atoms with Gasteiger partial charge >= 0.3 is 0 Å². The van der Waals surface area contributed by atoms with Crippen LogP contribution >= 0.6 is 0 Å². The highest BCUT2D eigenvalue weighted by molar-refractivity contribution is 6.05. The van der Waals surface area contributed by atoms with Crippen molar-refractivity contribution in [2.45, 2.75) is 0 Å². The molecule has 0 saturated heterocycles. The van der Waals surface area contributed by atoms with E-state index in [1.807, 2.05) is 97.1 Å². The van der Waals surface area contributed by atoms with Crippen molar-refractivity contribution in [3.63, 3.8) is 0 Å². The van der Waals surface area contributed by atoms with E-state index in [1.165, 1.54) is 10.8 Å². The smallest absolute Gasteiger partial charge is 0.227 e. The van der Waals surface area contributed by atoms with E-state index in [1.54, 1.807) is 0 Å². The maximum Gasteiger partial charge on any atom is 0.227 e. The predicted molar refractivity (Wildman–Crippen MR) is 198 cm³/mol. The average Bonchev–Trinajstić information content (AvgIpc) is 3.62. The van der Waals surface area contributed by atoms with Gasteiger partial charge in [-0.3, -0.25) is 0 Å². The van der Waals surface area contributed by atoms with E-state index in [0.717, 1.165) is 55.6 Å². The summed E-state index contributed by atoms with van der Waals surface area (Å²) in [6, 6.07) is 57.8. The minimum atomic E-state index is 0.626. The van der Waals surface area contributed by atoms with E-state index in [9.17, 15) is 0 Å². The van der Waals surface area contributed by atoms with Gasteiger partial charge in [0.2, 0.25) is 5.89 Å². The molecule has 5 heteroatoms. The van der Waals surface area contributed by atoms with E-state index < -0.39 is 0 Å². The molecule has 5 nitrogen and oxygen atoms in total. The van der Waals surface area contributed by atoms with Gasteiger partial charge in [0.1, 0.15) is 5.52 Å². The molecule has 9 aromatic rings. The lowest BCUT2D eigenvalue weighted by atomic mass is 9.92. The molecule has 0 amide bonds. The Morgan fingerprint density at radius 2 is 0.755 bits per heavy atom. The number of hydrogen-bond acceptors (Lipinski definition) is 5. The zero-order valence-corrected chi connectivity index (χ0v) is 26.4. The minimum Gasteiger partial charge on any atom is -0.436 e. The van der Waals surface area contributed by atoms with E-state index >= 15 is 0 Å². The summed E-state index contributed by atoms with van der Waals surface area (Å²) >= 11 is 0. The highest BCUT2D eigenvalue weighted by atomic mass is 16.3. The van der Waals surface area contributed by atoms with Gasteiger partial charge < -0.3 is 4.42 Å². The van der Waals surface area contributed by atoms with Crippen molar-refractivity contribution in [1.29, 1.82) is 0 Å². The zero-order valence-electron chi connectivity index (χ0n) is 26.4. The number of hydrogen-bond donors (Lipinski definition) is 0. The van der Waals surface area contributed by atoms with E-state index in [2.05, 4.69) is 72.8 Å². The largest absolute Gasteiger partial charge is 0.436 e. The molecule has 0 aliphatic rings. The molecule has 2 heterocycles. The number of rotatable bonds is 6. The van der Waals surface area contributed by atoms with Crippen LogP contribution in [0, 0.1) is 0 Å². The molecule has 0 spiro atoms. The summed E-state index contributed by atoms with van der Waals surface area (Å²) in [6.07, 6.45) is 0. The van der Waals surface area contributed by atoms with Crippen LogP contribution in [-0.4, -0.2) is 19.9 Å². The van der Waals surface area contributed by atoms with E-state index in [4.69, 9.17) is 24.4 Å². The molecule has 0 bridgehead atoms. The maximum absolute atomic E-state index is 6.09. The summed E-state index contributed by atoms with van der Waals surface area (Å²) in [5.41, 5.74) is 9.92. The molecule has 0 fully saturated rings. The van der Waals surface area contributed by atoms with Crippen LogP contribution in [0.3, 0.4) is 0 Å². The van der Waals surface area contributed by atoms with Gasteiger partial charge in [0.15, 0.2) is 23.1 Å².